The van der Waals surface area contributed by atoms with Gasteiger partial charge >= 0.3 is 0 Å². The molecule has 6 heteroatoms. The Morgan fingerprint density at radius 1 is 1.55 bits per heavy atom. The molecule has 0 fully saturated rings. The van der Waals surface area contributed by atoms with Crippen molar-refractivity contribution in [2.45, 2.75) is 30.4 Å². The van der Waals surface area contributed by atoms with Crippen LogP contribution in [-0.2, 0) is 0 Å². The van der Waals surface area contributed by atoms with Crippen molar-refractivity contribution < 1.29 is 4.79 Å². The summed E-state index contributed by atoms with van der Waals surface area (Å²) < 4.78 is 1.13. The van der Waals surface area contributed by atoms with Gasteiger partial charge in [0.05, 0.1) is 14.6 Å². The van der Waals surface area contributed by atoms with Gasteiger partial charge in [-0.1, -0.05) is 13.8 Å². The van der Waals surface area contributed by atoms with E-state index in [1.807, 2.05) is 12.3 Å². The van der Waals surface area contributed by atoms with E-state index in [-0.39, 0.29) is 5.91 Å². The fourth-order valence-electron chi connectivity index (χ4n) is 2.42. The highest BCUT2D eigenvalue weighted by atomic mass is 32.2. The van der Waals surface area contributed by atoms with Crippen LogP contribution < -0.4 is 5.32 Å². The molecule has 0 bridgehead atoms. The summed E-state index contributed by atoms with van der Waals surface area (Å²) in [5.74, 6) is 1.44. The van der Waals surface area contributed by atoms with Crippen molar-refractivity contribution in [3.8, 4) is 10.6 Å². The van der Waals surface area contributed by atoms with Gasteiger partial charge in [0.25, 0.3) is 5.91 Å². The van der Waals surface area contributed by atoms with Crippen molar-refractivity contribution in [1.82, 2.24) is 15.5 Å². The van der Waals surface area contributed by atoms with Crippen molar-refractivity contribution in [1.29, 1.82) is 0 Å². The van der Waals surface area contributed by atoms with Crippen molar-refractivity contribution in [2.75, 3.05) is 12.3 Å². The van der Waals surface area contributed by atoms with Gasteiger partial charge in [-0.25, -0.2) is 0 Å². The first-order chi connectivity index (χ1) is 9.72. The number of H-pyrrole nitrogens is 1. The number of carbonyl (C=O) groups excluding carboxylic acids is 1. The second kappa shape index (κ2) is 5.61. The molecule has 1 aliphatic heterocycles. The maximum absolute atomic E-state index is 12.3. The summed E-state index contributed by atoms with van der Waals surface area (Å²) in [6.45, 7) is 5.03. The maximum atomic E-state index is 12.3. The van der Waals surface area contributed by atoms with Crippen LogP contribution in [0, 0.1) is 0 Å². The number of rotatable bonds is 4. The molecule has 0 aliphatic carbocycles. The van der Waals surface area contributed by atoms with Gasteiger partial charge in [-0.15, -0.1) is 23.1 Å². The van der Waals surface area contributed by atoms with Gasteiger partial charge in [-0.2, -0.15) is 5.10 Å². The number of fused-ring (bicyclic) bond motifs is 1. The number of hydrogen-bond acceptors (Lipinski definition) is 4. The molecule has 0 radical (unpaired) electrons. The number of nitrogens with one attached hydrogen (secondary N) is 2. The van der Waals surface area contributed by atoms with Crippen LogP contribution in [0.2, 0.25) is 0 Å². The van der Waals surface area contributed by atoms with Gasteiger partial charge in [0, 0.05) is 18.7 Å². The fourth-order valence-corrected chi connectivity index (χ4v) is 5.01. The van der Waals surface area contributed by atoms with E-state index in [0.29, 0.717) is 12.5 Å². The smallest absolute Gasteiger partial charge is 0.253 e. The average molecular weight is 307 g/mol. The molecule has 0 saturated heterocycles. The van der Waals surface area contributed by atoms with Crippen LogP contribution >= 0.6 is 23.1 Å². The van der Waals surface area contributed by atoms with Crippen molar-refractivity contribution >= 4 is 29.0 Å². The minimum atomic E-state index is 0.0646. The number of aromatic nitrogens is 2. The molecule has 2 aromatic heterocycles. The SMILES string of the molecule is CCCSc1sc(-c2cc[nH]n2)c2c1C(=O)NCC2C. The first-order valence-corrected chi connectivity index (χ1v) is 8.60. The zero-order valence-electron chi connectivity index (χ0n) is 11.5. The number of hydrogen-bond donors (Lipinski definition) is 2. The van der Waals surface area contributed by atoms with Crippen LogP contribution in [0.5, 0.6) is 0 Å². The lowest BCUT2D eigenvalue weighted by atomic mass is 9.93. The number of thiophene rings is 1. The lowest BCUT2D eigenvalue weighted by Crippen LogP contribution is -2.33. The number of carbonyl (C=O) groups is 1. The van der Waals surface area contributed by atoms with Crippen molar-refractivity contribution in [3.05, 3.63) is 23.4 Å². The third kappa shape index (κ3) is 2.27. The topological polar surface area (TPSA) is 57.8 Å². The Balaban J connectivity index is 2.13. The fraction of sp³-hybridized carbons (Fsp3) is 0.429. The monoisotopic (exact) mass is 307 g/mol. The molecule has 2 N–H and O–H groups in total. The summed E-state index contributed by atoms with van der Waals surface area (Å²) in [4.78, 5) is 13.4. The molecule has 3 heterocycles. The first kappa shape index (κ1) is 13.7. The Labute approximate surface area is 126 Å². The number of nitrogens with zero attached hydrogens (tertiary/aromatic N) is 1. The second-order valence-electron chi connectivity index (χ2n) is 4.93. The minimum absolute atomic E-state index is 0.0646. The molecule has 106 valence electrons. The van der Waals surface area contributed by atoms with E-state index in [4.69, 9.17) is 0 Å². The van der Waals surface area contributed by atoms with E-state index < -0.39 is 0 Å². The third-order valence-electron chi connectivity index (χ3n) is 3.37. The summed E-state index contributed by atoms with van der Waals surface area (Å²) in [6, 6.07) is 1.97. The van der Waals surface area contributed by atoms with E-state index in [2.05, 4.69) is 29.4 Å². The highest BCUT2D eigenvalue weighted by Gasteiger charge is 2.31. The molecule has 3 rings (SSSR count). The average Bonchev–Trinajstić information content (AvgIpc) is 3.07. The van der Waals surface area contributed by atoms with Crippen LogP contribution in [0.25, 0.3) is 10.6 Å². The molecule has 1 atom stereocenters. The van der Waals surface area contributed by atoms with Crippen LogP contribution in [0.3, 0.4) is 0 Å². The van der Waals surface area contributed by atoms with Gasteiger partial charge in [-0.05, 0) is 23.8 Å². The quantitative estimate of drug-likeness (QED) is 0.850. The Kier molecular flexibility index (Phi) is 3.85. The highest BCUT2D eigenvalue weighted by Crippen LogP contribution is 2.45. The number of aromatic amines is 1. The molecule has 1 unspecified atom stereocenters. The first-order valence-electron chi connectivity index (χ1n) is 6.80. The molecule has 1 aliphatic rings. The predicted octanol–water partition coefficient (Wildman–Crippen LogP) is 3.49. The molecule has 0 saturated carbocycles. The Bertz CT molecular complexity index is 619. The summed E-state index contributed by atoms with van der Waals surface area (Å²) in [6.07, 6.45) is 2.93. The normalized spacial score (nSPS) is 17.9. The van der Waals surface area contributed by atoms with Crippen molar-refractivity contribution in [2.24, 2.45) is 0 Å². The summed E-state index contributed by atoms with van der Waals surface area (Å²) >= 11 is 3.48. The summed E-state index contributed by atoms with van der Waals surface area (Å²) in [7, 11) is 0. The molecule has 1 amide bonds. The molecule has 0 spiro atoms. The van der Waals surface area contributed by atoms with E-state index >= 15 is 0 Å². The zero-order valence-corrected chi connectivity index (χ0v) is 13.2. The summed E-state index contributed by atoms with van der Waals surface area (Å²) in [5, 5.41) is 10.1. The molecule has 4 nitrogen and oxygen atoms in total. The molecule has 2 aromatic rings. The molecule has 0 aromatic carbocycles. The Hall–Kier alpha value is -1.27. The predicted molar refractivity (Wildman–Crippen MR) is 83.7 cm³/mol. The van der Waals surface area contributed by atoms with Crippen LogP contribution in [0.15, 0.2) is 16.5 Å². The largest absolute Gasteiger partial charge is 0.351 e. The zero-order chi connectivity index (χ0) is 14.1. The highest BCUT2D eigenvalue weighted by molar-refractivity contribution is 8.01. The van der Waals surface area contributed by atoms with E-state index in [1.165, 1.54) is 5.56 Å². The van der Waals surface area contributed by atoms with Gasteiger partial charge < -0.3 is 5.32 Å². The Morgan fingerprint density at radius 3 is 3.10 bits per heavy atom. The van der Waals surface area contributed by atoms with Gasteiger partial charge in [0.15, 0.2) is 0 Å². The Morgan fingerprint density at radius 2 is 2.40 bits per heavy atom. The van der Waals surface area contributed by atoms with Gasteiger partial charge in [0.2, 0.25) is 0 Å². The van der Waals surface area contributed by atoms with E-state index in [0.717, 1.165) is 32.5 Å². The maximum Gasteiger partial charge on any atom is 0.253 e. The third-order valence-corrected chi connectivity index (χ3v) is 6.08. The molecular weight excluding hydrogens is 290 g/mol. The van der Waals surface area contributed by atoms with Crippen LogP contribution in [0.4, 0.5) is 0 Å². The summed E-state index contributed by atoms with van der Waals surface area (Å²) in [5.41, 5.74) is 2.99. The lowest BCUT2D eigenvalue weighted by Gasteiger charge is -2.21. The standard InChI is InChI=1S/C14H17N3OS2/c1-3-6-19-14-11-10(8(2)7-15-13(11)18)12(20-14)9-4-5-16-17-9/h4-5,8H,3,6-7H2,1-2H3,(H,15,18)(H,16,17). The van der Waals surface area contributed by atoms with Gasteiger partial charge in [0.1, 0.15) is 5.69 Å². The van der Waals surface area contributed by atoms with Crippen molar-refractivity contribution in [3.63, 3.8) is 0 Å². The number of amides is 1. The second-order valence-corrected chi connectivity index (χ2v) is 7.31. The van der Waals surface area contributed by atoms with Crippen LogP contribution in [0.1, 0.15) is 42.1 Å². The van der Waals surface area contributed by atoms with Crippen LogP contribution in [-0.4, -0.2) is 28.4 Å². The number of thioether (sulfide) groups is 1. The minimum Gasteiger partial charge on any atom is -0.351 e. The van der Waals surface area contributed by atoms with Gasteiger partial charge in [-0.3, -0.25) is 9.89 Å². The van der Waals surface area contributed by atoms with E-state index in [9.17, 15) is 4.79 Å². The molecule has 20 heavy (non-hydrogen) atoms. The van der Waals surface area contributed by atoms with E-state index in [1.54, 1.807) is 23.1 Å². The lowest BCUT2D eigenvalue weighted by molar-refractivity contribution is 0.0939. The molecular formula is C14H17N3OS2.